The van der Waals surface area contributed by atoms with Gasteiger partial charge in [-0.1, -0.05) is 0 Å². The maximum Gasteiger partial charge on any atom is 0.0776 e. The maximum absolute atomic E-state index is 5.61. The fourth-order valence-electron chi connectivity index (χ4n) is 3.85. The molecular weight excluding hydrogens is 348 g/mol. The first-order valence-electron chi connectivity index (χ1n) is 9.54. The van der Waals surface area contributed by atoms with E-state index in [-0.39, 0.29) is 12.1 Å². The number of fused-ring (bicyclic) bond motifs is 6. The molecule has 0 fully saturated rings. The van der Waals surface area contributed by atoms with Crippen LogP contribution in [0, 0.1) is 0 Å². The zero-order chi connectivity index (χ0) is 19.1. The van der Waals surface area contributed by atoms with Crippen molar-refractivity contribution in [1.29, 1.82) is 0 Å². The van der Waals surface area contributed by atoms with E-state index in [1.165, 1.54) is 5.57 Å². The van der Waals surface area contributed by atoms with Gasteiger partial charge >= 0.3 is 0 Å². The zero-order valence-corrected chi connectivity index (χ0v) is 15.9. The van der Waals surface area contributed by atoms with E-state index >= 15 is 0 Å². The number of aromatic amines is 1. The zero-order valence-electron chi connectivity index (χ0n) is 15.9. The summed E-state index contributed by atoms with van der Waals surface area (Å²) >= 11 is 0. The van der Waals surface area contributed by atoms with Crippen molar-refractivity contribution >= 4 is 23.6 Å². The number of allylic oxidation sites excluding steroid dienone is 5. The van der Waals surface area contributed by atoms with Crippen LogP contribution >= 0.6 is 0 Å². The van der Waals surface area contributed by atoms with E-state index in [1.807, 2.05) is 18.2 Å². The molecule has 2 unspecified atom stereocenters. The number of hydrogen-bond acceptors (Lipinski definition) is 4. The molecule has 0 saturated heterocycles. The highest BCUT2D eigenvalue weighted by Gasteiger charge is 2.25. The number of rotatable bonds is 2. The first-order valence-corrected chi connectivity index (χ1v) is 9.54. The second kappa shape index (κ2) is 6.77. The van der Waals surface area contributed by atoms with Gasteiger partial charge in [-0.3, -0.25) is 0 Å². The van der Waals surface area contributed by atoms with Gasteiger partial charge in [-0.25, -0.2) is 9.98 Å². The Hall–Kier alpha value is -3.18. The highest BCUT2D eigenvalue weighted by atomic mass is 16.5. The number of aliphatic imine (C=N–C) groups is 2. The van der Waals surface area contributed by atoms with Crippen molar-refractivity contribution in [2.75, 3.05) is 7.11 Å². The fraction of sp³-hybridized carbons (Fsp3) is 0.217. The molecule has 0 spiro atoms. The van der Waals surface area contributed by atoms with Crippen LogP contribution in [0.1, 0.15) is 13.3 Å². The highest BCUT2D eigenvalue weighted by Crippen LogP contribution is 2.28. The van der Waals surface area contributed by atoms with E-state index in [2.05, 4.69) is 59.7 Å². The number of aromatic nitrogens is 1. The van der Waals surface area contributed by atoms with Crippen molar-refractivity contribution < 1.29 is 4.74 Å². The third kappa shape index (κ3) is 3.25. The summed E-state index contributed by atoms with van der Waals surface area (Å²) in [6, 6.07) is 4.31. The van der Waals surface area contributed by atoms with Crippen molar-refractivity contribution in [3.8, 4) is 0 Å². The Morgan fingerprint density at radius 1 is 0.964 bits per heavy atom. The molecule has 5 rings (SSSR count). The molecule has 5 heterocycles. The fourth-order valence-corrected chi connectivity index (χ4v) is 3.85. The molecule has 0 saturated carbocycles. The van der Waals surface area contributed by atoms with Gasteiger partial charge in [0.25, 0.3) is 0 Å². The van der Waals surface area contributed by atoms with E-state index in [0.29, 0.717) is 0 Å². The third-order valence-corrected chi connectivity index (χ3v) is 5.34. The molecule has 5 heteroatoms. The Labute approximate surface area is 163 Å². The van der Waals surface area contributed by atoms with Gasteiger partial charge < -0.3 is 15.0 Å². The lowest BCUT2D eigenvalue weighted by Gasteiger charge is -2.11. The summed E-state index contributed by atoms with van der Waals surface area (Å²) in [4.78, 5) is 12.9. The minimum Gasteiger partial charge on any atom is -0.378 e. The average Bonchev–Trinajstić information content (AvgIpc) is 3.45. The SMILES string of the molecule is COC(C)C1=C2C=C3C=CC(=N3)C=c3ccc([nH]3)=CC3=NC(=CC(C1)N2)C=C3. The summed E-state index contributed by atoms with van der Waals surface area (Å²) in [6.45, 7) is 2.09. The van der Waals surface area contributed by atoms with Gasteiger partial charge in [0.05, 0.1) is 35.0 Å². The van der Waals surface area contributed by atoms with Gasteiger partial charge in [0, 0.05) is 23.5 Å². The molecule has 2 N–H and O–H groups in total. The minimum atomic E-state index is 0.0498. The van der Waals surface area contributed by atoms with Gasteiger partial charge in [-0.05, 0) is 79.7 Å². The molecule has 4 aliphatic rings. The van der Waals surface area contributed by atoms with E-state index in [1.54, 1.807) is 7.11 Å². The monoisotopic (exact) mass is 370 g/mol. The van der Waals surface area contributed by atoms with E-state index in [0.717, 1.165) is 45.6 Å². The Morgan fingerprint density at radius 3 is 2.36 bits per heavy atom. The predicted molar refractivity (Wildman–Crippen MR) is 113 cm³/mol. The third-order valence-electron chi connectivity index (χ3n) is 5.34. The predicted octanol–water partition coefficient (Wildman–Crippen LogP) is 2.03. The molecule has 1 aromatic heterocycles. The summed E-state index contributed by atoms with van der Waals surface area (Å²) in [5, 5.41) is 5.67. The number of nitrogens with one attached hydrogen (secondary N) is 2. The normalized spacial score (nSPS) is 23.4. The van der Waals surface area contributed by atoms with E-state index < -0.39 is 0 Å². The largest absolute Gasteiger partial charge is 0.378 e. The van der Waals surface area contributed by atoms with Gasteiger partial charge in [-0.2, -0.15) is 0 Å². The standard InChI is InChI=1S/C23H22N4O/c1-14(28-2)22-12-21-11-19-6-5-17(25-19)9-15-3-4-16(24-15)10-18-7-8-20(26-18)13-23(22)27-21/h3-11,13-14,21,24,27H,12H2,1-2H3. The summed E-state index contributed by atoms with van der Waals surface area (Å²) in [6.07, 6.45) is 17.5. The van der Waals surface area contributed by atoms with Crippen LogP contribution in [0.4, 0.5) is 0 Å². The van der Waals surface area contributed by atoms with Crippen molar-refractivity contribution in [3.63, 3.8) is 0 Å². The molecule has 4 aliphatic heterocycles. The minimum absolute atomic E-state index is 0.0498. The Balaban J connectivity index is 1.64. The second-order valence-electron chi connectivity index (χ2n) is 7.33. The first kappa shape index (κ1) is 17.0. The first-order chi connectivity index (χ1) is 13.7. The van der Waals surface area contributed by atoms with E-state index in [4.69, 9.17) is 14.7 Å². The smallest absolute Gasteiger partial charge is 0.0776 e. The quantitative estimate of drug-likeness (QED) is 0.837. The molecule has 0 radical (unpaired) electrons. The molecule has 1 aromatic rings. The second-order valence-corrected chi connectivity index (χ2v) is 7.33. The number of H-pyrrole nitrogens is 1. The van der Waals surface area contributed by atoms with E-state index in [9.17, 15) is 0 Å². The Kier molecular flexibility index (Phi) is 4.10. The average molecular weight is 370 g/mol. The van der Waals surface area contributed by atoms with Crippen LogP contribution in [-0.4, -0.2) is 35.7 Å². The van der Waals surface area contributed by atoms with Crippen molar-refractivity contribution in [1.82, 2.24) is 10.3 Å². The molecule has 0 aliphatic carbocycles. The molecule has 140 valence electrons. The summed E-state index contributed by atoms with van der Waals surface area (Å²) in [5.41, 5.74) is 6.15. The van der Waals surface area contributed by atoms with Crippen molar-refractivity contribution in [3.05, 3.63) is 82.0 Å². The van der Waals surface area contributed by atoms with Crippen LogP contribution in [0.15, 0.2) is 81.2 Å². The van der Waals surface area contributed by atoms with Crippen LogP contribution < -0.4 is 16.0 Å². The van der Waals surface area contributed by atoms with Gasteiger partial charge in [-0.15, -0.1) is 0 Å². The van der Waals surface area contributed by atoms with Crippen LogP contribution in [0.2, 0.25) is 0 Å². The van der Waals surface area contributed by atoms with Crippen LogP contribution in [0.5, 0.6) is 0 Å². The molecule has 28 heavy (non-hydrogen) atoms. The Bertz CT molecular complexity index is 1170. The lowest BCUT2D eigenvalue weighted by molar-refractivity contribution is 0.144. The molecule has 0 aromatic carbocycles. The number of methoxy groups -OCH3 is 1. The molecule has 8 bridgehead atoms. The highest BCUT2D eigenvalue weighted by molar-refractivity contribution is 6.20. The summed E-state index contributed by atoms with van der Waals surface area (Å²) in [7, 11) is 1.75. The van der Waals surface area contributed by atoms with Crippen molar-refractivity contribution in [2.24, 2.45) is 9.98 Å². The summed E-state index contributed by atoms with van der Waals surface area (Å²) < 4.78 is 5.61. The number of ether oxygens (including phenoxy) is 1. The van der Waals surface area contributed by atoms with Crippen LogP contribution in [0.3, 0.4) is 0 Å². The Morgan fingerprint density at radius 2 is 1.64 bits per heavy atom. The van der Waals surface area contributed by atoms with Crippen LogP contribution in [-0.2, 0) is 4.74 Å². The van der Waals surface area contributed by atoms with Crippen LogP contribution in [0.25, 0.3) is 12.2 Å². The molecular formula is C23H22N4O. The number of hydrogen-bond donors (Lipinski definition) is 2. The summed E-state index contributed by atoms with van der Waals surface area (Å²) in [5.74, 6) is 0. The maximum atomic E-state index is 5.61. The van der Waals surface area contributed by atoms with Gasteiger partial charge in [0.1, 0.15) is 0 Å². The lowest BCUT2D eigenvalue weighted by Crippen LogP contribution is -2.19. The number of nitrogens with zero attached hydrogens (tertiary/aromatic N) is 2. The lowest BCUT2D eigenvalue weighted by atomic mass is 10.0. The molecule has 2 atom stereocenters. The molecule has 5 nitrogen and oxygen atoms in total. The van der Waals surface area contributed by atoms with Gasteiger partial charge in [0.15, 0.2) is 0 Å². The van der Waals surface area contributed by atoms with Gasteiger partial charge in [0.2, 0.25) is 0 Å². The molecule has 0 amide bonds. The van der Waals surface area contributed by atoms with Crippen molar-refractivity contribution in [2.45, 2.75) is 25.5 Å². The topological polar surface area (TPSA) is 61.8 Å².